The molecule has 0 saturated carbocycles. The fraction of sp³-hybridized carbons (Fsp3) is 0.118. The molecular formula is C17H16ClNO4S. The lowest BCUT2D eigenvalue weighted by Gasteiger charge is -2.11. The molecule has 2 aromatic rings. The molecule has 5 nitrogen and oxygen atoms in total. The number of rotatable bonds is 6. The Kier molecular flexibility index (Phi) is 5.64. The van der Waals surface area contributed by atoms with Crippen LogP contribution in [0.15, 0.2) is 48.5 Å². The highest BCUT2D eigenvalue weighted by atomic mass is 35.5. The summed E-state index contributed by atoms with van der Waals surface area (Å²) in [6.45, 7) is 1.42. The molecule has 0 spiro atoms. The Morgan fingerprint density at radius 3 is 2.58 bits per heavy atom. The van der Waals surface area contributed by atoms with Crippen LogP contribution in [0, 0.1) is 0 Å². The van der Waals surface area contributed by atoms with Crippen LogP contribution < -0.4 is 9.46 Å². The van der Waals surface area contributed by atoms with Crippen LogP contribution in [0.5, 0.6) is 11.5 Å². The van der Waals surface area contributed by atoms with Crippen molar-refractivity contribution in [3.8, 4) is 11.5 Å². The van der Waals surface area contributed by atoms with Crippen molar-refractivity contribution in [1.82, 2.24) is 0 Å². The molecule has 24 heavy (non-hydrogen) atoms. The molecule has 126 valence electrons. The number of hydrogen-bond donors (Lipinski definition) is 1. The molecule has 0 heterocycles. The number of allylic oxidation sites excluding steroid dienone is 1. The molecule has 2 aromatic carbocycles. The quantitative estimate of drug-likeness (QED) is 0.782. The van der Waals surface area contributed by atoms with Crippen LogP contribution >= 0.6 is 11.6 Å². The van der Waals surface area contributed by atoms with Crippen molar-refractivity contribution >= 4 is 39.2 Å². The SMILES string of the molecule is CC(=O)C=Cc1cc(NS(C)(=O)=O)ccc1Oc1cccc(Cl)c1. The van der Waals surface area contributed by atoms with Gasteiger partial charge in [-0.05, 0) is 55.5 Å². The van der Waals surface area contributed by atoms with E-state index in [1.807, 2.05) is 0 Å². The highest BCUT2D eigenvalue weighted by Gasteiger charge is 2.08. The topological polar surface area (TPSA) is 72.5 Å². The Balaban J connectivity index is 2.40. The van der Waals surface area contributed by atoms with E-state index in [0.29, 0.717) is 27.8 Å². The number of hydrogen-bond acceptors (Lipinski definition) is 4. The van der Waals surface area contributed by atoms with E-state index in [2.05, 4.69) is 4.72 Å². The maximum atomic E-state index is 11.4. The second-order valence-electron chi connectivity index (χ2n) is 5.13. The zero-order valence-electron chi connectivity index (χ0n) is 13.1. The zero-order chi connectivity index (χ0) is 17.7. The lowest BCUT2D eigenvalue weighted by atomic mass is 10.1. The van der Waals surface area contributed by atoms with Gasteiger partial charge in [0.1, 0.15) is 11.5 Å². The van der Waals surface area contributed by atoms with Crippen molar-refractivity contribution in [1.29, 1.82) is 0 Å². The Hall–Kier alpha value is -2.31. The third-order valence-electron chi connectivity index (χ3n) is 2.83. The van der Waals surface area contributed by atoms with E-state index < -0.39 is 10.0 Å². The summed E-state index contributed by atoms with van der Waals surface area (Å²) in [5, 5.41) is 0.531. The summed E-state index contributed by atoms with van der Waals surface area (Å²) in [7, 11) is -3.40. The molecule has 0 aliphatic rings. The number of nitrogens with one attached hydrogen (secondary N) is 1. The first-order valence-corrected chi connectivity index (χ1v) is 9.24. The van der Waals surface area contributed by atoms with Crippen molar-refractivity contribution < 1.29 is 17.9 Å². The van der Waals surface area contributed by atoms with Crippen LogP contribution in [-0.4, -0.2) is 20.5 Å². The molecule has 0 aliphatic carbocycles. The van der Waals surface area contributed by atoms with Gasteiger partial charge in [-0.25, -0.2) is 8.42 Å². The lowest BCUT2D eigenvalue weighted by Crippen LogP contribution is -2.09. The van der Waals surface area contributed by atoms with Gasteiger partial charge in [0.05, 0.1) is 6.26 Å². The standard InChI is InChI=1S/C17H16ClNO4S/c1-12(20)6-7-13-10-15(19-24(2,21)22)8-9-17(13)23-16-5-3-4-14(18)11-16/h3-11,19H,1-2H3. The number of benzene rings is 2. The van der Waals surface area contributed by atoms with E-state index in [1.165, 1.54) is 13.0 Å². The van der Waals surface area contributed by atoms with Crippen LogP contribution in [-0.2, 0) is 14.8 Å². The van der Waals surface area contributed by atoms with Gasteiger partial charge >= 0.3 is 0 Å². The van der Waals surface area contributed by atoms with Crippen LogP contribution in [0.25, 0.3) is 6.08 Å². The van der Waals surface area contributed by atoms with Gasteiger partial charge in [-0.1, -0.05) is 17.7 Å². The maximum absolute atomic E-state index is 11.4. The molecular weight excluding hydrogens is 350 g/mol. The van der Waals surface area contributed by atoms with Crippen molar-refractivity contribution in [3.05, 3.63) is 59.1 Å². The number of sulfonamides is 1. The van der Waals surface area contributed by atoms with E-state index in [0.717, 1.165) is 6.26 Å². The van der Waals surface area contributed by atoms with Gasteiger partial charge in [-0.3, -0.25) is 9.52 Å². The summed E-state index contributed by atoms with van der Waals surface area (Å²) < 4.78 is 30.9. The minimum absolute atomic E-state index is 0.134. The van der Waals surface area contributed by atoms with Crippen LogP contribution in [0.3, 0.4) is 0 Å². The average molecular weight is 366 g/mol. The minimum Gasteiger partial charge on any atom is -0.457 e. The zero-order valence-corrected chi connectivity index (χ0v) is 14.7. The molecule has 0 unspecified atom stereocenters. The monoisotopic (exact) mass is 365 g/mol. The molecule has 0 bridgehead atoms. The first kappa shape index (κ1) is 18.0. The Labute approximate surface area is 146 Å². The van der Waals surface area contributed by atoms with Crippen molar-refractivity contribution in [3.63, 3.8) is 0 Å². The van der Waals surface area contributed by atoms with E-state index in [4.69, 9.17) is 16.3 Å². The van der Waals surface area contributed by atoms with Gasteiger partial charge in [-0.2, -0.15) is 0 Å². The predicted octanol–water partition coefficient (Wildman–Crippen LogP) is 4.11. The molecule has 0 aromatic heterocycles. The van der Waals surface area contributed by atoms with Crippen molar-refractivity contribution in [2.45, 2.75) is 6.92 Å². The maximum Gasteiger partial charge on any atom is 0.229 e. The molecule has 0 amide bonds. The smallest absolute Gasteiger partial charge is 0.229 e. The van der Waals surface area contributed by atoms with Crippen LogP contribution in [0.2, 0.25) is 5.02 Å². The van der Waals surface area contributed by atoms with Gasteiger partial charge in [-0.15, -0.1) is 0 Å². The van der Waals surface area contributed by atoms with Gasteiger partial charge in [0.25, 0.3) is 0 Å². The highest BCUT2D eigenvalue weighted by molar-refractivity contribution is 7.92. The largest absolute Gasteiger partial charge is 0.457 e. The number of ether oxygens (including phenoxy) is 1. The Morgan fingerprint density at radius 2 is 1.96 bits per heavy atom. The third-order valence-corrected chi connectivity index (χ3v) is 3.68. The summed E-state index contributed by atoms with van der Waals surface area (Å²) >= 11 is 5.94. The first-order chi connectivity index (χ1) is 11.2. The third kappa shape index (κ3) is 5.72. The molecule has 1 N–H and O–H groups in total. The van der Waals surface area contributed by atoms with Gasteiger partial charge in [0, 0.05) is 16.3 Å². The molecule has 2 rings (SSSR count). The van der Waals surface area contributed by atoms with E-state index in [9.17, 15) is 13.2 Å². The molecule has 0 radical (unpaired) electrons. The second kappa shape index (κ2) is 7.51. The summed E-state index contributed by atoms with van der Waals surface area (Å²) in [5.41, 5.74) is 0.929. The fourth-order valence-corrected chi connectivity index (χ4v) is 2.65. The number of carbonyl (C=O) groups is 1. The van der Waals surface area contributed by atoms with Gasteiger partial charge in [0.2, 0.25) is 10.0 Å². The van der Waals surface area contributed by atoms with Crippen LogP contribution in [0.4, 0.5) is 5.69 Å². The summed E-state index contributed by atoms with van der Waals surface area (Å²) in [4.78, 5) is 11.2. The number of anilines is 1. The predicted molar refractivity (Wildman–Crippen MR) is 96.1 cm³/mol. The average Bonchev–Trinajstić information content (AvgIpc) is 2.45. The molecule has 0 saturated heterocycles. The number of halogens is 1. The van der Waals surface area contributed by atoms with Crippen LogP contribution in [0.1, 0.15) is 12.5 Å². The molecule has 0 aliphatic heterocycles. The highest BCUT2D eigenvalue weighted by Crippen LogP contribution is 2.30. The minimum atomic E-state index is -3.40. The Morgan fingerprint density at radius 1 is 1.21 bits per heavy atom. The van der Waals surface area contributed by atoms with Crippen molar-refractivity contribution in [2.75, 3.05) is 11.0 Å². The van der Waals surface area contributed by atoms with Gasteiger partial charge in [0.15, 0.2) is 5.78 Å². The summed E-state index contributed by atoms with van der Waals surface area (Å²) in [5.74, 6) is 0.864. The van der Waals surface area contributed by atoms with E-state index in [1.54, 1.807) is 48.5 Å². The normalized spacial score (nSPS) is 11.5. The Bertz CT molecular complexity index is 891. The number of carbonyl (C=O) groups excluding carboxylic acids is 1. The molecule has 0 fully saturated rings. The molecule has 7 heteroatoms. The van der Waals surface area contributed by atoms with Crippen molar-refractivity contribution in [2.24, 2.45) is 0 Å². The van der Waals surface area contributed by atoms with E-state index in [-0.39, 0.29) is 5.78 Å². The lowest BCUT2D eigenvalue weighted by molar-refractivity contribution is -0.112. The summed E-state index contributed by atoms with van der Waals surface area (Å²) in [6.07, 6.45) is 4.01. The molecule has 0 atom stereocenters. The number of ketones is 1. The second-order valence-corrected chi connectivity index (χ2v) is 7.32. The first-order valence-electron chi connectivity index (χ1n) is 6.97. The van der Waals surface area contributed by atoms with Gasteiger partial charge < -0.3 is 4.74 Å². The summed E-state index contributed by atoms with van der Waals surface area (Å²) in [6, 6.07) is 11.7. The fourth-order valence-electron chi connectivity index (χ4n) is 1.91. The van der Waals surface area contributed by atoms with E-state index >= 15 is 0 Å².